The van der Waals surface area contributed by atoms with Crippen LogP contribution in [0.2, 0.25) is 0 Å². The first-order valence-corrected chi connectivity index (χ1v) is 8.23. The molecule has 3 aromatic rings. The summed E-state index contributed by atoms with van der Waals surface area (Å²) in [5, 5.41) is 4.26. The number of aromatic nitrogens is 3. The number of amides is 1. The van der Waals surface area contributed by atoms with Gasteiger partial charge in [-0.05, 0) is 60.5 Å². The molecule has 150 valence electrons. The van der Waals surface area contributed by atoms with E-state index in [1.807, 2.05) is 6.92 Å². The maximum absolute atomic E-state index is 12.2. The van der Waals surface area contributed by atoms with E-state index in [0.29, 0.717) is 17.3 Å². The quantitative estimate of drug-likeness (QED) is 0.691. The molecule has 0 saturated carbocycles. The molecular weight excluding hydrogens is 389 g/mol. The summed E-state index contributed by atoms with van der Waals surface area (Å²) < 4.78 is 46.7. The van der Waals surface area contributed by atoms with Gasteiger partial charge in [-0.3, -0.25) is 0 Å². The maximum atomic E-state index is 12.2. The molecule has 1 heterocycles. The van der Waals surface area contributed by atoms with Crippen molar-refractivity contribution in [2.24, 2.45) is 5.73 Å². The minimum atomic E-state index is -4.74. The monoisotopic (exact) mass is 404 g/mol. The lowest BCUT2D eigenvalue weighted by molar-refractivity contribution is -0.274. The van der Waals surface area contributed by atoms with Gasteiger partial charge in [0.1, 0.15) is 17.8 Å². The Balaban J connectivity index is 1.71. The van der Waals surface area contributed by atoms with E-state index < -0.39 is 12.5 Å². The summed E-state index contributed by atoms with van der Waals surface area (Å²) in [5.41, 5.74) is 7.21. The fourth-order valence-corrected chi connectivity index (χ4v) is 2.46. The summed E-state index contributed by atoms with van der Waals surface area (Å²) in [5.74, 6) is 0.422. The zero-order valence-electron chi connectivity index (χ0n) is 15.1. The number of hydrogen-bond acceptors (Lipinski definition) is 5. The van der Waals surface area contributed by atoms with Crippen LogP contribution in [-0.4, -0.2) is 27.2 Å². The highest BCUT2D eigenvalue weighted by atomic mass is 19.4. The van der Waals surface area contributed by atoms with Crippen LogP contribution in [0.4, 0.5) is 18.0 Å². The van der Waals surface area contributed by atoms with Gasteiger partial charge in [-0.2, -0.15) is 0 Å². The van der Waals surface area contributed by atoms with Gasteiger partial charge in [0.05, 0.1) is 5.69 Å². The first-order valence-electron chi connectivity index (χ1n) is 8.23. The van der Waals surface area contributed by atoms with Gasteiger partial charge in [0, 0.05) is 0 Å². The molecule has 7 nitrogen and oxygen atoms in total. The summed E-state index contributed by atoms with van der Waals surface area (Å²) >= 11 is 0. The van der Waals surface area contributed by atoms with Crippen molar-refractivity contribution in [2.45, 2.75) is 13.3 Å². The summed E-state index contributed by atoms with van der Waals surface area (Å²) in [6, 6.07) is 10.3. The molecule has 1 amide bonds. The molecule has 0 bridgehead atoms. The molecule has 0 aliphatic carbocycles. The van der Waals surface area contributed by atoms with Crippen molar-refractivity contribution in [1.82, 2.24) is 14.8 Å². The molecule has 0 radical (unpaired) electrons. The predicted octanol–water partition coefficient (Wildman–Crippen LogP) is 4.10. The number of carbonyl (C=O) groups is 1. The summed E-state index contributed by atoms with van der Waals surface area (Å²) in [4.78, 5) is 14.9. The number of carbonyl (C=O) groups excluding carboxylic acids is 1. The third kappa shape index (κ3) is 5.58. The molecule has 2 N–H and O–H groups in total. The van der Waals surface area contributed by atoms with Crippen LogP contribution in [-0.2, 0) is 0 Å². The van der Waals surface area contributed by atoms with Crippen molar-refractivity contribution in [1.29, 1.82) is 0 Å². The van der Waals surface area contributed by atoms with Gasteiger partial charge in [0.15, 0.2) is 5.82 Å². The van der Waals surface area contributed by atoms with Crippen molar-refractivity contribution in [3.05, 3.63) is 65.7 Å². The van der Waals surface area contributed by atoms with Crippen molar-refractivity contribution < 1.29 is 27.4 Å². The van der Waals surface area contributed by atoms with E-state index in [4.69, 9.17) is 10.5 Å². The number of alkyl halides is 3. The van der Waals surface area contributed by atoms with Gasteiger partial charge in [0.25, 0.3) is 0 Å². The van der Waals surface area contributed by atoms with Crippen LogP contribution in [0.5, 0.6) is 11.5 Å². The second-order valence-corrected chi connectivity index (χ2v) is 5.86. The number of ether oxygens (including phenoxy) is 2. The lowest BCUT2D eigenvalue weighted by Crippen LogP contribution is -2.17. The largest absolute Gasteiger partial charge is 0.573 e. The standard InChI is InChI=1S/C19H15F3N4O3/c1-12-10-16(28-18(23)27)6-2-13(12)3-9-17-24-11-26(25-17)14-4-7-15(8-5-14)29-19(20,21)22/h2-11H,1H3,(H2,23,27). The third-order valence-corrected chi connectivity index (χ3v) is 3.72. The highest BCUT2D eigenvalue weighted by Crippen LogP contribution is 2.23. The van der Waals surface area contributed by atoms with E-state index in [1.54, 1.807) is 30.4 Å². The minimum absolute atomic E-state index is 0.319. The zero-order valence-corrected chi connectivity index (χ0v) is 15.1. The molecule has 0 spiro atoms. The van der Waals surface area contributed by atoms with Gasteiger partial charge >= 0.3 is 12.5 Å². The van der Waals surface area contributed by atoms with E-state index in [-0.39, 0.29) is 5.75 Å². The van der Waals surface area contributed by atoms with Crippen LogP contribution in [0, 0.1) is 6.92 Å². The van der Waals surface area contributed by atoms with Gasteiger partial charge in [0.2, 0.25) is 0 Å². The van der Waals surface area contributed by atoms with Crippen molar-refractivity contribution in [3.8, 4) is 17.2 Å². The number of primary amides is 1. The first-order chi connectivity index (χ1) is 13.7. The Hall–Kier alpha value is -3.82. The molecule has 29 heavy (non-hydrogen) atoms. The molecule has 0 unspecified atom stereocenters. The van der Waals surface area contributed by atoms with Gasteiger partial charge in [-0.1, -0.05) is 12.1 Å². The highest BCUT2D eigenvalue weighted by molar-refractivity contribution is 5.71. The Morgan fingerprint density at radius 3 is 2.41 bits per heavy atom. The number of rotatable bonds is 5. The Bertz CT molecular complexity index is 1040. The van der Waals surface area contributed by atoms with Crippen molar-refractivity contribution >= 4 is 18.2 Å². The number of nitrogens with two attached hydrogens (primary N) is 1. The van der Waals surface area contributed by atoms with Crippen molar-refractivity contribution in [2.75, 3.05) is 0 Å². The summed E-state index contributed by atoms with van der Waals surface area (Å²) in [6.07, 6.45) is -0.733. The Morgan fingerprint density at radius 2 is 1.79 bits per heavy atom. The number of benzene rings is 2. The lowest BCUT2D eigenvalue weighted by atomic mass is 10.1. The summed E-state index contributed by atoms with van der Waals surface area (Å²) in [6.45, 7) is 1.84. The minimum Gasteiger partial charge on any atom is -0.410 e. The fraction of sp³-hybridized carbons (Fsp3) is 0.105. The van der Waals surface area contributed by atoms with Gasteiger partial charge < -0.3 is 15.2 Å². The molecule has 3 rings (SSSR count). The van der Waals surface area contributed by atoms with E-state index in [2.05, 4.69) is 14.8 Å². The van der Waals surface area contributed by atoms with Crippen molar-refractivity contribution in [3.63, 3.8) is 0 Å². The smallest absolute Gasteiger partial charge is 0.410 e. The van der Waals surface area contributed by atoms with Crippen LogP contribution in [0.25, 0.3) is 17.8 Å². The number of nitrogens with zero attached hydrogens (tertiary/aromatic N) is 3. The molecule has 0 aliphatic rings. The molecule has 10 heteroatoms. The van der Waals surface area contributed by atoms with E-state index in [1.165, 1.54) is 35.3 Å². The highest BCUT2D eigenvalue weighted by Gasteiger charge is 2.30. The van der Waals surface area contributed by atoms with E-state index in [9.17, 15) is 18.0 Å². The molecular formula is C19H15F3N4O3. The SMILES string of the molecule is Cc1cc(OC(N)=O)ccc1C=Cc1ncn(-c2ccc(OC(F)(F)F)cc2)n1. The van der Waals surface area contributed by atoms with Crippen LogP contribution in [0.3, 0.4) is 0 Å². The fourth-order valence-electron chi connectivity index (χ4n) is 2.46. The first kappa shape index (κ1) is 19.9. The molecule has 2 aromatic carbocycles. The average molecular weight is 404 g/mol. The summed E-state index contributed by atoms with van der Waals surface area (Å²) in [7, 11) is 0. The Kier molecular flexibility index (Phi) is 5.53. The van der Waals surface area contributed by atoms with Crippen LogP contribution in [0.15, 0.2) is 48.8 Å². The zero-order chi connectivity index (χ0) is 21.0. The molecule has 0 atom stereocenters. The number of hydrogen-bond donors (Lipinski definition) is 1. The lowest BCUT2D eigenvalue weighted by Gasteiger charge is -2.09. The second-order valence-electron chi connectivity index (χ2n) is 5.86. The average Bonchev–Trinajstić information content (AvgIpc) is 3.09. The molecule has 0 aliphatic heterocycles. The van der Waals surface area contributed by atoms with Gasteiger partial charge in [-0.15, -0.1) is 18.3 Å². The van der Waals surface area contributed by atoms with E-state index >= 15 is 0 Å². The second kappa shape index (κ2) is 8.05. The maximum Gasteiger partial charge on any atom is 0.573 e. The van der Waals surface area contributed by atoms with Gasteiger partial charge in [-0.25, -0.2) is 14.5 Å². The van der Waals surface area contributed by atoms with Crippen LogP contribution < -0.4 is 15.2 Å². The molecule has 0 fully saturated rings. The van der Waals surface area contributed by atoms with E-state index in [0.717, 1.165) is 11.1 Å². The topological polar surface area (TPSA) is 92.3 Å². The number of aryl methyl sites for hydroxylation is 1. The Labute approximate surface area is 163 Å². The Morgan fingerprint density at radius 1 is 1.10 bits per heavy atom. The molecule has 0 saturated heterocycles. The van der Waals surface area contributed by atoms with Crippen LogP contribution >= 0.6 is 0 Å². The number of halogens is 3. The molecule has 1 aromatic heterocycles. The third-order valence-electron chi connectivity index (χ3n) is 3.72. The normalized spacial score (nSPS) is 11.6. The predicted molar refractivity (Wildman–Crippen MR) is 98.4 cm³/mol. The van der Waals surface area contributed by atoms with Crippen LogP contribution in [0.1, 0.15) is 17.0 Å².